The van der Waals surface area contributed by atoms with Crippen LogP contribution in [0.15, 0.2) is 48.8 Å². The quantitative estimate of drug-likeness (QED) is 0.611. The molecule has 4 aromatic rings. The predicted octanol–water partition coefficient (Wildman–Crippen LogP) is 3.58. The van der Waals surface area contributed by atoms with Gasteiger partial charge in [-0.3, -0.25) is 9.78 Å². The number of halogens is 1. The molecule has 25 heavy (non-hydrogen) atoms. The third-order valence-corrected chi connectivity index (χ3v) is 4.53. The summed E-state index contributed by atoms with van der Waals surface area (Å²) in [6.45, 7) is 1.82. The first kappa shape index (κ1) is 15.4. The Bertz CT molecular complexity index is 1070. The third kappa shape index (κ3) is 2.99. The lowest BCUT2D eigenvalue weighted by Crippen LogP contribution is -2.15. The molecule has 1 aromatic carbocycles. The van der Waals surface area contributed by atoms with Crippen LogP contribution in [-0.4, -0.2) is 25.7 Å². The van der Waals surface area contributed by atoms with Gasteiger partial charge in [0.25, 0.3) is 5.91 Å². The predicted molar refractivity (Wildman–Crippen MR) is 93.6 cm³/mol. The van der Waals surface area contributed by atoms with Crippen molar-refractivity contribution in [3.8, 4) is 5.13 Å². The average molecular weight is 353 g/mol. The molecular formula is C17H12FN5OS. The number of amides is 1. The summed E-state index contributed by atoms with van der Waals surface area (Å²) < 4.78 is 15.7. The zero-order chi connectivity index (χ0) is 17.4. The highest BCUT2D eigenvalue weighted by Gasteiger charge is 2.15. The molecule has 0 saturated carbocycles. The van der Waals surface area contributed by atoms with Crippen molar-refractivity contribution in [2.24, 2.45) is 0 Å². The van der Waals surface area contributed by atoms with Crippen LogP contribution in [0.1, 0.15) is 16.1 Å². The molecule has 0 atom stereocenters. The largest absolute Gasteiger partial charge is 0.306 e. The van der Waals surface area contributed by atoms with Crippen LogP contribution >= 0.6 is 11.3 Å². The molecule has 0 unspecified atom stereocenters. The second kappa shape index (κ2) is 6.06. The van der Waals surface area contributed by atoms with Gasteiger partial charge >= 0.3 is 0 Å². The lowest BCUT2D eigenvalue weighted by Gasteiger charge is -2.06. The number of anilines is 1. The fourth-order valence-electron chi connectivity index (χ4n) is 2.40. The van der Waals surface area contributed by atoms with Gasteiger partial charge in [0, 0.05) is 24.0 Å². The Labute approximate surface area is 146 Å². The van der Waals surface area contributed by atoms with E-state index in [-0.39, 0.29) is 11.7 Å². The summed E-state index contributed by atoms with van der Waals surface area (Å²) in [4.78, 5) is 20.7. The number of nitrogens with zero attached hydrogens (tertiary/aromatic N) is 4. The number of aromatic nitrogens is 4. The summed E-state index contributed by atoms with van der Waals surface area (Å²) in [6, 6.07) is 9.43. The summed E-state index contributed by atoms with van der Waals surface area (Å²) >= 11 is 1.30. The molecule has 124 valence electrons. The maximum atomic E-state index is 13.4. The Hall–Kier alpha value is -3.13. The number of carbonyl (C=O) groups excluding carboxylic acids is 1. The van der Waals surface area contributed by atoms with Gasteiger partial charge in [0.2, 0.25) is 5.13 Å². The molecule has 4 rings (SSSR count). The van der Waals surface area contributed by atoms with Crippen molar-refractivity contribution in [3.63, 3.8) is 0 Å². The monoisotopic (exact) mass is 353 g/mol. The van der Waals surface area contributed by atoms with E-state index in [4.69, 9.17) is 0 Å². The highest BCUT2D eigenvalue weighted by Crippen LogP contribution is 2.28. The molecule has 0 aliphatic heterocycles. The minimum atomic E-state index is -0.314. The Balaban J connectivity index is 1.72. The smallest absolute Gasteiger partial charge is 0.256 e. The number of carbonyl (C=O) groups is 1. The van der Waals surface area contributed by atoms with Crippen molar-refractivity contribution in [1.29, 1.82) is 0 Å². The van der Waals surface area contributed by atoms with Gasteiger partial charge in [0.15, 0.2) is 0 Å². The highest BCUT2D eigenvalue weighted by atomic mass is 32.1. The fraction of sp³-hybridized carbons (Fsp3) is 0.0588. The van der Waals surface area contributed by atoms with Crippen LogP contribution in [0.4, 0.5) is 10.2 Å². The molecule has 3 aromatic heterocycles. The van der Waals surface area contributed by atoms with E-state index in [9.17, 15) is 9.18 Å². The summed E-state index contributed by atoms with van der Waals surface area (Å²) in [5.41, 5.74) is 1.91. The van der Waals surface area contributed by atoms with E-state index in [0.29, 0.717) is 22.0 Å². The van der Waals surface area contributed by atoms with Crippen molar-refractivity contribution in [3.05, 3.63) is 65.9 Å². The van der Waals surface area contributed by atoms with E-state index in [1.54, 1.807) is 41.3 Å². The van der Waals surface area contributed by atoms with E-state index in [1.165, 1.54) is 23.5 Å². The lowest BCUT2D eigenvalue weighted by molar-refractivity contribution is 0.102. The first-order chi connectivity index (χ1) is 12.1. The summed E-state index contributed by atoms with van der Waals surface area (Å²) in [7, 11) is 0. The van der Waals surface area contributed by atoms with Gasteiger partial charge in [-0.05, 0) is 37.3 Å². The second-order valence-electron chi connectivity index (χ2n) is 5.38. The molecule has 3 heterocycles. The molecule has 0 fully saturated rings. The van der Waals surface area contributed by atoms with Crippen LogP contribution in [-0.2, 0) is 0 Å². The molecule has 6 nitrogen and oxygen atoms in total. The average Bonchev–Trinajstić information content (AvgIpc) is 3.18. The van der Waals surface area contributed by atoms with Crippen LogP contribution in [0.5, 0.6) is 0 Å². The normalized spacial score (nSPS) is 11.0. The van der Waals surface area contributed by atoms with Gasteiger partial charge in [-0.2, -0.15) is 9.78 Å². The molecule has 0 aliphatic carbocycles. The Morgan fingerprint density at radius 3 is 2.80 bits per heavy atom. The summed E-state index contributed by atoms with van der Waals surface area (Å²) in [5.74, 6) is -0.0832. The minimum absolute atomic E-state index is 0.268. The summed E-state index contributed by atoms with van der Waals surface area (Å²) in [5, 5.41) is 7.77. The molecule has 0 radical (unpaired) electrons. The van der Waals surface area contributed by atoms with Crippen LogP contribution in [0.2, 0.25) is 0 Å². The Morgan fingerprint density at radius 2 is 2.00 bits per heavy atom. The van der Waals surface area contributed by atoms with E-state index in [1.807, 2.05) is 6.92 Å². The number of benzene rings is 1. The topological polar surface area (TPSA) is 72.7 Å². The number of thiazole rings is 1. The first-order valence-corrected chi connectivity index (χ1v) is 8.26. The number of aryl methyl sites for hydroxylation is 1. The van der Waals surface area contributed by atoms with Gasteiger partial charge < -0.3 is 5.32 Å². The second-order valence-corrected chi connectivity index (χ2v) is 6.39. The van der Waals surface area contributed by atoms with Crippen molar-refractivity contribution in [2.75, 3.05) is 5.32 Å². The van der Waals surface area contributed by atoms with Crippen LogP contribution in [0.3, 0.4) is 0 Å². The van der Waals surface area contributed by atoms with E-state index >= 15 is 0 Å². The molecule has 1 N–H and O–H groups in total. The van der Waals surface area contributed by atoms with Crippen LogP contribution in [0.25, 0.3) is 15.3 Å². The Kier molecular flexibility index (Phi) is 3.73. The van der Waals surface area contributed by atoms with Gasteiger partial charge in [-0.1, -0.05) is 11.3 Å². The zero-order valence-electron chi connectivity index (χ0n) is 13.1. The highest BCUT2D eigenvalue weighted by molar-refractivity contribution is 7.20. The first-order valence-electron chi connectivity index (χ1n) is 7.45. The van der Waals surface area contributed by atoms with Crippen molar-refractivity contribution >= 4 is 33.3 Å². The molecular weight excluding hydrogens is 341 g/mol. The van der Waals surface area contributed by atoms with Crippen LogP contribution < -0.4 is 5.32 Å². The van der Waals surface area contributed by atoms with Gasteiger partial charge in [0.1, 0.15) is 11.6 Å². The SMILES string of the molecule is Cc1cc(NC(=O)c2ccncc2)n(-c2nc3ccc(F)cc3s2)n1. The van der Waals surface area contributed by atoms with Gasteiger partial charge in [0.05, 0.1) is 15.9 Å². The number of fused-ring (bicyclic) bond motifs is 1. The maximum Gasteiger partial charge on any atom is 0.256 e. The van der Waals surface area contributed by atoms with E-state index in [0.717, 1.165) is 10.4 Å². The third-order valence-electron chi connectivity index (χ3n) is 3.54. The van der Waals surface area contributed by atoms with E-state index in [2.05, 4.69) is 20.4 Å². The maximum absolute atomic E-state index is 13.4. The van der Waals surface area contributed by atoms with Crippen molar-refractivity contribution in [1.82, 2.24) is 19.7 Å². The molecule has 1 amide bonds. The lowest BCUT2D eigenvalue weighted by atomic mass is 10.2. The van der Waals surface area contributed by atoms with E-state index < -0.39 is 0 Å². The Morgan fingerprint density at radius 1 is 1.20 bits per heavy atom. The number of rotatable bonds is 3. The number of pyridine rings is 1. The number of hydrogen-bond donors (Lipinski definition) is 1. The van der Waals surface area contributed by atoms with Gasteiger partial charge in [-0.25, -0.2) is 9.37 Å². The molecule has 0 spiro atoms. The number of nitrogens with one attached hydrogen (secondary N) is 1. The molecule has 0 saturated heterocycles. The zero-order valence-corrected chi connectivity index (χ0v) is 13.9. The van der Waals surface area contributed by atoms with Gasteiger partial charge in [-0.15, -0.1) is 0 Å². The van der Waals surface area contributed by atoms with Crippen molar-refractivity contribution in [2.45, 2.75) is 6.92 Å². The number of hydrogen-bond acceptors (Lipinski definition) is 5. The molecule has 0 bridgehead atoms. The van der Waals surface area contributed by atoms with Crippen LogP contribution in [0, 0.1) is 12.7 Å². The van der Waals surface area contributed by atoms with Crippen molar-refractivity contribution < 1.29 is 9.18 Å². The minimum Gasteiger partial charge on any atom is -0.306 e. The fourth-order valence-corrected chi connectivity index (χ4v) is 3.36. The molecule has 0 aliphatic rings. The summed E-state index contributed by atoms with van der Waals surface area (Å²) in [6.07, 6.45) is 3.11. The standard InChI is InChI=1S/C17H12FN5OS/c1-10-8-15(21-16(24)11-4-6-19-7-5-11)23(22-10)17-20-13-3-2-12(18)9-14(13)25-17/h2-9H,1H3,(H,21,24). The molecule has 8 heteroatoms.